The molecule has 0 radical (unpaired) electrons. The number of rotatable bonds is 11. The fraction of sp³-hybridized carbons (Fsp3) is 0.417. The van der Waals surface area contributed by atoms with Gasteiger partial charge >= 0.3 is 0 Å². The minimum atomic E-state index is -0.241. The molecule has 6 nitrogen and oxygen atoms in total. The number of hydrogen-bond acceptors (Lipinski definition) is 7. The minimum Gasteiger partial charge on any atom is -0.497 e. The molecule has 0 saturated carbocycles. The number of nitrogens with one attached hydrogen (secondary N) is 1. The van der Waals surface area contributed by atoms with Gasteiger partial charge in [0.2, 0.25) is 11.1 Å². The predicted octanol–water partition coefficient (Wildman–Crippen LogP) is 4.72. The summed E-state index contributed by atoms with van der Waals surface area (Å²) in [4.78, 5) is 21.3. The Kier molecular flexibility index (Phi) is 19.5. The highest BCUT2D eigenvalue weighted by atomic mass is 35.5. The number of methoxy groups -OCH3 is 2. The molecule has 2 aromatic rings. The molecule has 2 aromatic carbocycles. The van der Waals surface area contributed by atoms with Crippen molar-refractivity contribution in [3.05, 3.63) is 59.7 Å². The fourth-order valence-electron chi connectivity index (χ4n) is 2.17. The summed E-state index contributed by atoms with van der Waals surface area (Å²) in [7, 11) is 3.29. The van der Waals surface area contributed by atoms with Gasteiger partial charge in [0.1, 0.15) is 11.5 Å². The van der Waals surface area contributed by atoms with Crippen molar-refractivity contribution in [2.24, 2.45) is 5.73 Å². The fourth-order valence-corrected chi connectivity index (χ4v) is 3.16. The second-order valence-corrected chi connectivity index (χ2v) is 8.91. The molecule has 0 saturated heterocycles. The van der Waals surface area contributed by atoms with E-state index in [-0.39, 0.29) is 11.1 Å². The number of carbonyl (C=O) groups excluding carboxylic acids is 2. The SMILES string of the molecule is COc1ccc(CN)cc1.COc1ccc(CNC(=O)CCSC)cc1.CSCCC(=O)Cl. The lowest BCUT2D eigenvalue weighted by Gasteiger charge is -2.05. The Morgan fingerprint density at radius 2 is 1.30 bits per heavy atom. The molecular formula is C24H35ClN2O4S2. The second kappa shape index (κ2) is 20.7. The lowest BCUT2D eigenvalue weighted by Crippen LogP contribution is -2.22. The van der Waals surface area contributed by atoms with Crippen LogP contribution < -0.4 is 20.5 Å². The normalized spacial score (nSPS) is 9.52. The van der Waals surface area contributed by atoms with Crippen molar-refractivity contribution in [3.8, 4) is 11.5 Å². The molecule has 0 atom stereocenters. The summed E-state index contributed by atoms with van der Waals surface area (Å²) in [6.07, 6.45) is 5.01. The van der Waals surface area contributed by atoms with E-state index in [9.17, 15) is 9.59 Å². The van der Waals surface area contributed by atoms with Gasteiger partial charge < -0.3 is 20.5 Å². The van der Waals surface area contributed by atoms with E-state index in [0.29, 0.717) is 25.9 Å². The van der Waals surface area contributed by atoms with Crippen molar-refractivity contribution in [1.82, 2.24) is 5.32 Å². The third-order valence-corrected chi connectivity index (χ3v) is 5.49. The van der Waals surface area contributed by atoms with Crippen LogP contribution in [0.2, 0.25) is 0 Å². The van der Waals surface area contributed by atoms with Crippen LogP contribution in [0.25, 0.3) is 0 Å². The lowest BCUT2D eigenvalue weighted by molar-refractivity contribution is -0.120. The number of benzene rings is 2. The molecule has 184 valence electrons. The maximum atomic E-state index is 11.3. The van der Waals surface area contributed by atoms with Crippen LogP contribution in [0.15, 0.2) is 48.5 Å². The molecular weight excluding hydrogens is 480 g/mol. The highest BCUT2D eigenvalue weighted by molar-refractivity contribution is 7.98. The monoisotopic (exact) mass is 514 g/mol. The Morgan fingerprint density at radius 1 is 0.848 bits per heavy atom. The van der Waals surface area contributed by atoms with Gasteiger partial charge in [0.15, 0.2) is 0 Å². The van der Waals surface area contributed by atoms with Crippen LogP contribution in [0, 0.1) is 0 Å². The maximum Gasteiger partial charge on any atom is 0.222 e. The van der Waals surface area contributed by atoms with E-state index in [4.69, 9.17) is 26.8 Å². The van der Waals surface area contributed by atoms with E-state index in [1.807, 2.05) is 61.0 Å². The van der Waals surface area contributed by atoms with Gasteiger partial charge in [-0.3, -0.25) is 9.59 Å². The number of ether oxygens (including phenoxy) is 2. The average Bonchev–Trinajstić information content (AvgIpc) is 2.86. The minimum absolute atomic E-state index is 0.102. The molecule has 0 spiro atoms. The van der Waals surface area contributed by atoms with E-state index in [1.54, 1.807) is 37.7 Å². The van der Waals surface area contributed by atoms with Gasteiger partial charge in [0.25, 0.3) is 0 Å². The molecule has 2 rings (SSSR count). The zero-order valence-electron chi connectivity index (χ0n) is 19.8. The molecule has 0 aliphatic rings. The Morgan fingerprint density at radius 3 is 1.67 bits per heavy atom. The first-order valence-electron chi connectivity index (χ1n) is 10.3. The van der Waals surface area contributed by atoms with Gasteiger partial charge in [-0.25, -0.2) is 0 Å². The zero-order chi connectivity index (χ0) is 24.9. The predicted molar refractivity (Wildman–Crippen MR) is 143 cm³/mol. The van der Waals surface area contributed by atoms with Gasteiger partial charge in [-0.2, -0.15) is 23.5 Å². The van der Waals surface area contributed by atoms with Crippen molar-refractivity contribution < 1.29 is 19.1 Å². The van der Waals surface area contributed by atoms with E-state index in [0.717, 1.165) is 34.1 Å². The molecule has 3 N–H and O–H groups in total. The average molecular weight is 515 g/mol. The largest absolute Gasteiger partial charge is 0.497 e. The lowest BCUT2D eigenvalue weighted by atomic mass is 10.2. The van der Waals surface area contributed by atoms with Gasteiger partial charge in [-0.05, 0) is 59.5 Å². The molecule has 0 unspecified atom stereocenters. The summed E-state index contributed by atoms with van der Waals surface area (Å²) in [5.41, 5.74) is 7.61. The topological polar surface area (TPSA) is 90.7 Å². The first-order valence-corrected chi connectivity index (χ1v) is 13.5. The zero-order valence-corrected chi connectivity index (χ0v) is 22.2. The van der Waals surface area contributed by atoms with Crippen LogP contribution in [0.1, 0.15) is 24.0 Å². The molecule has 0 aliphatic heterocycles. The van der Waals surface area contributed by atoms with E-state index in [1.165, 1.54) is 0 Å². The highest BCUT2D eigenvalue weighted by Gasteiger charge is 2.00. The standard InChI is InChI=1S/C12H17NO2S.C8H11NO.C4H7ClOS/c1-15-11-5-3-10(4-6-11)9-13-12(14)7-8-16-2;1-10-8-4-2-7(6-9)3-5-8;1-7-3-2-4(5)6/h3-6H,7-9H2,1-2H3,(H,13,14);2-5H,6,9H2,1H3;2-3H2,1H3. The summed E-state index contributed by atoms with van der Waals surface area (Å²) in [5, 5.41) is 2.64. The van der Waals surface area contributed by atoms with Crippen molar-refractivity contribution in [2.75, 3.05) is 38.2 Å². The number of carbonyl (C=O) groups is 2. The first-order chi connectivity index (χ1) is 15.9. The molecule has 1 amide bonds. The summed E-state index contributed by atoms with van der Waals surface area (Å²) in [5.74, 6) is 3.51. The van der Waals surface area contributed by atoms with Crippen LogP contribution in [-0.2, 0) is 22.7 Å². The van der Waals surface area contributed by atoms with Crippen molar-refractivity contribution in [3.63, 3.8) is 0 Å². The van der Waals surface area contributed by atoms with Gasteiger partial charge in [0.05, 0.1) is 14.2 Å². The quantitative estimate of drug-likeness (QED) is 0.419. The highest BCUT2D eigenvalue weighted by Crippen LogP contribution is 2.11. The molecule has 33 heavy (non-hydrogen) atoms. The number of hydrogen-bond donors (Lipinski definition) is 2. The molecule has 0 heterocycles. The molecule has 0 bridgehead atoms. The summed E-state index contributed by atoms with van der Waals surface area (Å²) in [6, 6.07) is 15.4. The van der Waals surface area contributed by atoms with Crippen LogP contribution >= 0.6 is 35.1 Å². The van der Waals surface area contributed by atoms with E-state index in [2.05, 4.69) is 5.32 Å². The Hall–Kier alpha value is -1.87. The van der Waals surface area contributed by atoms with Gasteiger partial charge in [-0.15, -0.1) is 0 Å². The smallest absolute Gasteiger partial charge is 0.222 e. The summed E-state index contributed by atoms with van der Waals surface area (Å²) >= 11 is 8.31. The number of amides is 1. The van der Waals surface area contributed by atoms with Crippen LogP contribution in [0.5, 0.6) is 11.5 Å². The third kappa shape index (κ3) is 17.3. The molecule has 0 aliphatic carbocycles. The van der Waals surface area contributed by atoms with Crippen molar-refractivity contribution >= 4 is 46.3 Å². The van der Waals surface area contributed by atoms with E-state index < -0.39 is 0 Å². The number of halogens is 1. The molecule has 0 fully saturated rings. The van der Waals surface area contributed by atoms with Crippen molar-refractivity contribution in [1.29, 1.82) is 0 Å². The first kappa shape index (κ1) is 31.1. The third-order valence-electron chi connectivity index (χ3n) is 4.08. The molecule has 0 aromatic heterocycles. The Labute approximate surface area is 211 Å². The number of thioether (sulfide) groups is 2. The summed E-state index contributed by atoms with van der Waals surface area (Å²) < 4.78 is 10.0. The summed E-state index contributed by atoms with van der Waals surface area (Å²) in [6.45, 7) is 1.17. The van der Waals surface area contributed by atoms with Crippen LogP contribution in [-0.4, -0.2) is 49.4 Å². The number of nitrogens with two attached hydrogens (primary N) is 1. The van der Waals surface area contributed by atoms with Crippen LogP contribution in [0.3, 0.4) is 0 Å². The Balaban J connectivity index is 0.000000514. The van der Waals surface area contributed by atoms with Gasteiger partial charge in [0, 0.05) is 37.4 Å². The van der Waals surface area contributed by atoms with Gasteiger partial charge in [-0.1, -0.05) is 24.3 Å². The maximum absolute atomic E-state index is 11.3. The second-order valence-electron chi connectivity index (χ2n) is 6.52. The van der Waals surface area contributed by atoms with Crippen LogP contribution in [0.4, 0.5) is 0 Å². The Bertz CT molecular complexity index is 752. The van der Waals surface area contributed by atoms with E-state index >= 15 is 0 Å². The molecule has 9 heteroatoms. The van der Waals surface area contributed by atoms with Crippen molar-refractivity contribution in [2.45, 2.75) is 25.9 Å².